The first-order valence-corrected chi connectivity index (χ1v) is 10.3. The lowest BCUT2D eigenvalue weighted by Crippen LogP contribution is -2.51. The van der Waals surface area contributed by atoms with Gasteiger partial charge in [0.15, 0.2) is 0 Å². The third-order valence-electron chi connectivity index (χ3n) is 4.99. The number of allylic oxidation sites excluding steroid dienone is 1. The standard InChI is InChI=1S/C17H34OSi/c1-8-17(16-11-9-10-12-16)18-19(13(2)3,14(4)5)15(6)7/h9,11,13-17H,8,10,12H2,1-7H3/t16-,17+/m1/s1. The van der Waals surface area contributed by atoms with Crippen molar-refractivity contribution in [3.63, 3.8) is 0 Å². The molecule has 0 spiro atoms. The smallest absolute Gasteiger partial charge is 0.200 e. The molecule has 0 heterocycles. The summed E-state index contributed by atoms with van der Waals surface area (Å²) in [6.07, 6.45) is 8.85. The van der Waals surface area contributed by atoms with Gasteiger partial charge in [-0.25, -0.2) is 0 Å². The molecule has 1 aliphatic carbocycles. The van der Waals surface area contributed by atoms with Crippen LogP contribution < -0.4 is 0 Å². The molecule has 2 atom stereocenters. The second-order valence-corrected chi connectivity index (χ2v) is 12.5. The molecule has 0 amide bonds. The normalized spacial score (nSPS) is 21.9. The zero-order valence-corrected chi connectivity index (χ0v) is 15.1. The highest BCUT2D eigenvalue weighted by molar-refractivity contribution is 6.77. The molecule has 19 heavy (non-hydrogen) atoms. The Labute approximate surface area is 122 Å². The minimum atomic E-state index is -1.71. The molecule has 1 nitrogen and oxygen atoms in total. The minimum absolute atomic E-state index is 0.442. The highest BCUT2D eigenvalue weighted by Gasteiger charge is 2.47. The molecule has 2 heteroatoms. The number of hydrogen-bond acceptors (Lipinski definition) is 1. The maximum Gasteiger partial charge on any atom is 0.200 e. The van der Waals surface area contributed by atoms with Crippen molar-refractivity contribution in [2.45, 2.75) is 90.5 Å². The van der Waals surface area contributed by atoms with Gasteiger partial charge in [-0.05, 0) is 35.9 Å². The summed E-state index contributed by atoms with van der Waals surface area (Å²) in [4.78, 5) is 0. The fraction of sp³-hybridized carbons (Fsp3) is 0.882. The molecule has 1 rings (SSSR count). The molecule has 0 bridgehead atoms. The van der Waals surface area contributed by atoms with Crippen molar-refractivity contribution in [1.82, 2.24) is 0 Å². The van der Waals surface area contributed by atoms with Crippen LogP contribution in [0.5, 0.6) is 0 Å². The largest absolute Gasteiger partial charge is 0.413 e. The van der Waals surface area contributed by atoms with E-state index in [0.29, 0.717) is 28.6 Å². The van der Waals surface area contributed by atoms with Gasteiger partial charge in [-0.2, -0.15) is 0 Å². The van der Waals surface area contributed by atoms with Gasteiger partial charge in [-0.1, -0.05) is 60.6 Å². The molecule has 0 saturated carbocycles. The van der Waals surface area contributed by atoms with Crippen LogP contribution in [0.4, 0.5) is 0 Å². The van der Waals surface area contributed by atoms with E-state index < -0.39 is 8.32 Å². The third kappa shape index (κ3) is 3.52. The van der Waals surface area contributed by atoms with Crippen molar-refractivity contribution in [1.29, 1.82) is 0 Å². The quantitative estimate of drug-likeness (QED) is 0.416. The van der Waals surface area contributed by atoms with Gasteiger partial charge in [0, 0.05) is 5.92 Å². The second-order valence-electron chi connectivity index (χ2n) is 7.05. The fourth-order valence-corrected chi connectivity index (χ4v) is 9.79. The van der Waals surface area contributed by atoms with E-state index in [1.165, 1.54) is 12.8 Å². The molecule has 1 aliphatic rings. The number of hydrogen-bond donors (Lipinski definition) is 0. The molecular weight excluding hydrogens is 248 g/mol. The SMILES string of the molecule is CC[C@H](O[Si](C(C)C)(C(C)C)C(C)C)[C@@H]1C=CCC1. The van der Waals surface area contributed by atoms with Gasteiger partial charge in [-0.15, -0.1) is 0 Å². The zero-order valence-electron chi connectivity index (χ0n) is 14.1. The summed E-state index contributed by atoms with van der Waals surface area (Å²) in [7, 11) is -1.71. The van der Waals surface area contributed by atoms with E-state index in [1.807, 2.05) is 0 Å². The summed E-state index contributed by atoms with van der Waals surface area (Å²) < 4.78 is 6.94. The van der Waals surface area contributed by atoms with Crippen molar-refractivity contribution >= 4 is 8.32 Å². The second kappa shape index (κ2) is 7.08. The lowest BCUT2D eigenvalue weighted by atomic mass is 10.0. The van der Waals surface area contributed by atoms with E-state index in [2.05, 4.69) is 60.6 Å². The van der Waals surface area contributed by atoms with Crippen molar-refractivity contribution in [3.05, 3.63) is 12.2 Å². The molecule has 0 aromatic carbocycles. The van der Waals surface area contributed by atoms with Crippen LogP contribution in [0.1, 0.15) is 67.7 Å². The Balaban J connectivity index is 2.94. The first-order chi connectivity index (χ1) is 8.86. The van der Waals surface area contributed by atoms with Gasteiger partial charge in [0.2, 0.25) is 8.32 Å². The molecule has 0 aromatic heterocycles. The Hall–Kier alpha value is -0.0831. The molecule has 112 valence electrons. The van der Waals surface area contributed by atoms with Crippen LogP contribution in [0.3, 0.4) is 0 Å². The molecule has 0 aliphatic heterocycles. The van der Waals surface area contributed by atoms with Crippen molar-refractivity contribution in [2.75, 3.05) is 0 Å². The highest BCUT2D eigenvalue weighted by atomic mass is 28.4. The molecule has 0 unspecified atom stereocenters. The average molecular weight is 283 g/mol. The average Bonchev–Trinajstić information content (AvgIpc) is 2.82. The summed E-state index contributed by atoms with van der Waals surface area (Å²) in [5.41, 5.74) is 2.06. The van der Waals surface area contributed by atoms with Crippen molar-refractivity contribution in [3.8, 4) is 0 Å². The predicted molar refractivity (Wildman–Crippen MR) is 88.1 cm³/mol. The van der Waals surface area contributed by atoms with Gasteiger partial charge in [0.1, 0.15) is 0 Å². The van der Waals surface area contributed by atoms with Crippen molar-refractivity contribution in [2.24, 2.45) is 5.92 Å². The van der Waals surface area contributed by atoms with Gasteiger partial charge in [0.05, 0.1) is 6.10 Å². The van der Waals surface area contributed by atoms with Crippen LogP contribution >= 0.6 is 0 Å². The maximum atomic E-state index is 6.94. The topological polar surface area (TPSA) is 9.23 Å². The van der Waals surface area contributed by atoms with Gasteiger partial charge in [0.25, 0.3) is 0 Å². The van der Waals surface area contributed by atoms with Crippen molar-refractivity contribution < 1.29 is 4.43 Å². The highest BCUT2D eigenvalue weighted by Crippen LogP contribution is 2.44. The van der Waals surface area contributed by atoms with E-state index in [0.717, 1.165) is 6.42 Å². The monoisotopic (exact) mass is 282 g/mol. The molecule has 0 saturated heterocycles. The van der Waals surface area contributed by atoms with Crippen LogP contribution in [0, 0.1) is 5.92 Å². The minimum Gasteiger partial charge on any atom is -0.413 e. The van der Waals surface area contributed by atoms with Gasteiger partial charge >= 0.3 is 0 Å². The molecule has 0 N–H and O–H groups in total. The molecular formula is C17H34OSi. The molecule has 0 fully saturated rings. The van der Waals surface area contributed by atoms with E-state index in [4.69, 9.17) is 4.43 Å². The summed E-state index contributed by atoms with van der Waals surface area (Å²) in [5.74, 6) is 0.660. The van der Waals surface area contributed by atoms with E-state index >= 15 is 0 Å². The fourth-order valence-electron chi connectivity index (χ4n) is 4.11. The Morgan fingerprint density at radius 2 is 1.58 bits per heavy atom. The summed E-state index contributed by atoms with van der Waals surface area (Å²) in [6, 6.07) is 0. The lowest BCUT2D eigenvalue weighted by Gasteiger charge is -2.45. The van der Waals surface area contributed by atoms with E-state index in [-0.39, 0.29) is 0 Å². The maximum absolute atomic E-state index is 6.94. The van der Waals surface area contributed by atoms with Crippen LogP contribution in [0.15, 0.2) is 12.2 Å². The summed E-state index contributed by atoms with van der Waals surface area (Å²) in [5, 5.41) is 0. The Morgan fingerprint density at radius 3 is 1.89 bits per heavy atom. The van der Waals surface area contributed by atoms with Gasteiger partial charge in [-0.3, -0.25) is 0 Å². The Bertz CT molecular complexity index is 272. The summed E-state index contributed by atoms with van der Waals surface area (Å²) >= 11 is 0. The van der Waals surface area contributed by atoms with Gasteiger partial charge < -0.3 is 4.43 Å². The van der Waals surface area contributed by atoms with E-state index in [1.54, 1.807) is 0 Å². The Kier molecular flexibility index (Phi) is 6.32. The molecule has 0 radical (unpaired) electrons. The predicted octanol–water partition coefficient (Wildman–Crippen LogP) is 5.92. The number of rotatable bonds is 7. The van der Waals surface area contributed by atoms with E-state index in [9.17, 15) is 0 Å². The first-order valence-electron chi connectivity index (χ1n) is 8.20. The third-order valence-corrected chi connectivity index (χ3v) is 11.1. The summed E-state index contributed by atoms with van der Waals surface area (Å²) in [6.45, 7) is 16.6. The van der Waals surface area contributed by atoms with Crippen LogP contribution in [0.25, 0.3) is 0 Å². The van der Waals surface area contributed by atoms with Crippen LogP contribution in [-0.2, 0) is 4.43 Å². The molecule has 0 aromatic rings. The van der Waals surface area contributed by atoms with Crippen LogP contribution in [-0.4, -0.2) is 14.4 Å². The first kappa shape index (κ1) is 17.0. The lowest BCUT2D eigenvalue weighted by molar-refractivity contribution is 0.128. The zero-order chi connectivity index (χ0) is 14.6. The Morgan fingerprint density at radius 1 is 1.05 bits per heavy atom. The van der Waals surface area contributed by atoms with Crippen LogP contribution in [0.2, 0.25) is 16.6 Å².